The van der Waals surface area contributed by atoms with Gasteiger partial charge in [-0.05, 0) is 31.2 Å². The summed E-state index contributed by atoms with van der Waals surface area (Å²) in [5.74, 6) is 1.13. The minimum atomic E-state index is -0.241. The Hall–Kier alpha value is -2.93. The molecule has 0 bridgehead atoms. The number of aryl methyl sites for hydroxylation is 1. The molecular weight excluding hydrogens is 338 g/mol. The van der Waals surface area contributed by atoms with E-state index in [4.69, 9.17) is 9.47 Å². The van der Waals surface area contributed by atoms with Crippen molar-refractivity contribution in [1.29, 1.82) is 0 Å². The van der Waals surface area contributed by atoms with Crippen molar-refractivity contribution in [2.75, 3.05) is 19.5 Å². The number of hydrogen-bond donors (Lipinski definition) is 1. The SMILES string of the molecule is COc1ccc(-c2nc(NC(=O)c3cccnc3)sc2C)c(OC)c1. The molecule has 6 nitrogen and oxygen atoms in total. The number of nitrogens with one attached hydrogen (secondary N) is 1. The van der Waals surface area contributed by atoms with Crippen LogP contribution < -0.4 is 14.8 Å². The van der Waals surface area contributed by atoms with Gasteiger partial charge in [0.25, 0.3) is 5.91 Å². The van der Waals surface area contributed by atoms with E-state index in [9.17, 15) is 4.79 Å². The van der Waals surface area contributed by atoms with Crippen molar-refractivity contribution in [1.82, 2.24) is 9.97 Å². The second-order valence-corrected chi connectivity index (χ2v) is 6.39. The fourth-order valence-corrected chi connectivity index (χ4v) is 3.18. The van der Waals surface area contributed by atoms with Gasteiger partial charge in [-0.15, -0.1) is 11.3 Å². The number of hydrogen-bond acceptors (Lipinski definition) is 6. The first-order chi connectivity index (χ1) is 12.1. The van der Waals surface area contributed by atoms with Crippen molar-refractivity contribution in [3.8, 4) is 22.8 Å². The van der Waals surface area contributed by atoms with Gasteiger partial charge in [0.15, 0.2) is 5.13 Å². The Kier molecular flexibility index (Phi) is 4.95. The molecule has 0 saturated heterocycles. The van der Waals surface area contributed by atoms with Gasteiger partial charge in [0.05, 0.1) is 25.5 Å². The van der Waals surface area contributed by atoms with Gasteiger partial charge < -0.3 is 9.47 Å². The number of methoxy groups -OCH3 is 2. The molecule has 0 radical (unpaired) electrons. The lowest BCUT2D eigenvalue weighted by molar-refractivity contribution is 0.102. The predicted molar refractivity (Wildman–Crippen MR) is 97.6 cm³/mol. The van der Waals surface area contributed by atoms with E-state index >= 15 is 0 Å². The zero-order chi connectivity index (χ0) is 17.8. The summed E-state index contributed by atoms with van der Waals surface area (Å²) in [5, 5.41) is 3.34. The Bertz CT molecular complexity index is 894. The van der Waals surface area contributed by atoms with Crippen molar-refractivity contribution in [3.63, 3.8) is 0 Å². The summed E-state index contributed by atoms with van der Waals surface area (Å²) in [6.45, 7) is 1.95. The number of carbonyl (C=O) groups excluding carboxylic acids is 1. The summed E-state index contributed by atoms with van der Waals surface area (Å²) in [6.07, 6.45) is 3.14. The molecule has 0 fully saturated rings. The van der Waals surface area contributed by atoms with E-state index in [1.165, 1.54) is 17.5 Å². The lowest BCUT2D eigenvalue weighted by Gasteiger charge is -2.09. The second-order valence-electron chi connectivity index (χ2n) is 5.19. The number of thiazole rings is 1. The van der Waals surface area contributed by atoms with Crippen molar-refractivity contribution < 1.29 is 14.3 Å². The van der Waals surface area contributed by atoms with Crippen LogP contribution in [-0.2, 0) is 0 Å². The summed E-state index contributed by atoms with van der Waals surface area (Å²) in [5.41, 5.74) is 2.10. The van der Waals surface area contributed by atoms with Crippen molar-refractivity contribution in [2.45, 2.75) is 6.92 Å². The number of ether oxygens (including phenoxy) is 2. The van der Waals surface area contributed by atoms with Crippen LogP contribution in [0.15, 0.2) is 42.7 Å². The summed E-state index contributed by atoms with van der Waals surface area (Å²) >= 11 is 1.41. The highest BCUT2D eigenvalue weighted by Gasteiger charge is 2.16. The average molecular weight is 355 g/mol. The van der Waals surface area contributed by atoms with E-state index in [0.29, 0.717) is 22.2 Å². The van der Waals surface area contributed by atoms with E-state index in [-0.39, 0.29) is 5.91 Å². The molecule has 0 saturated carbocycles. The zero-order valence-electron chi connectivity index (χ0n) is 14.1. The Morgan fingerprint density at radius 2 is 2.04 bits per heavy atom. The molecule has 1 amide bonds. The highest BCUT2D eigenvalue weighted by atomic mass is 32.1. The summed E-state index contributed by atoms with van der Waals surface area (Å²) in [6, 6.07) is 8.98. The Morgan fingerprint density at radius 1 is 1.20 bits per heavy atom. The van der Waals surface area contributed by atoms with Crippen LogP contribution in [0.25, 0.3) is 11.3 Å². The van der Waals surface area contributed by atoms with E-state index < -0.39 is 0 Å². The van der Waals surface area contributed by atoms with Crippen LogP contribution in [0.4, 0.5) is 5.13 Å². The minimum Gasteiger partial charge on any atom is -0.497 e. The standard InChI is InChI=1S/C18H17N3O3S/c1-11-16(14-7-6-13(23-2)9-15(14)24-3)20-18(25-11)21-17(22)12-5-4-8-19-10-12/h4-10H,1-3H3,(H,20,21,22). The van der Waals surface area contributed by atoms with Crippen molar-refractivity contribution in [2.24, 2.45) is 0 Å². The van der Waals surface area contributed by atoms with Gasteiger partial charge in [-0.3, -0.25) is 15.1 Å². The lowest BCUT2D eigenvalue weighted by Crippen LogP contribution is -2.11. The topological polar surface area (TPSA) is 73.3 Å². The number of anilines is 1. The summed E-state index contributed by atoms with van der Waals surface area (Å²) in [7, 11) is 3.21. The minimum absolute atomic E-state index is 0.241. The van der Waals surface area contributed by atoms with E-state index in [1.54, 1.807) is 32.5 Å². The van der Waals surface area contributed by atoms with Crippen molar-refractivity contribution >= 4 is 22.4 Å². The first kappa shape index (κ1) is 16.9. The Morgan fingerprint density at radius 3 is 2.72 bits per heavy atom. The van der Waals surface area contributed by atoms with E-state index in [0.717, 1.165) is 16.1 Å². The van der Waals surface area contributed by atoms with Crippen LogP contribution in [0.5, 0.6) is 11.5 Å². The maximum atomic E-state index is 12.3. The number of nitrogens with zero attached hydrogens (tertiary/aromatic N) is 2. The lowest BCUT2D eigenvalue weighted by atomic mass is 10.1. The summed E-state index contributed by atoms with van der Waals surface area (Å²) in [4.78, 5) is 21.7. The van der Waals surface area contributed by atoms with Crippen LogP contribution in [0.2, 0.25) is 0 Å². The van der Waals surface area contributed by atoms with Gasteiger partial charge in [0.1, 0.15) is 11.5 Å². The molecule has 3 aromatic rings. The number of aromatic nitrogens is 2. The van der Waals surface area contributed by atoms with Gasteiger partial charge in [-0.2, -0.15) is 0 Å². The Labute approximate surface area is 149 Å². The largest absolute Gasteiger partial charge is 0.497 e. The zero-order valence-corrected chi connectivity index (χ0v) is 14.9. The molecule has 1 aromatic carbocycles. The van der Waals surface area contributed by atoms with Crippen LogP contribution in [-0.4, -0.2) is 30.1 Å². The molecule has 128 valence electrons. The maximum Gasteiger partial charge on any atom is 0.259 e. The molecule has 0 unspecified atom stereocenters. The molecule has 0 aliphatic rings. The first-order valence-corrected chi connectivity index (χ1v) is 8.35. The predicted octanol–water partition coefficient (Wildman–Crippen LogP) is 3.78. The smallest absolute Gasteiger partial charge is 0.259 e. The van der Waals surface area contributed by atoms with E-state index in [2.05, 4.69) is 15.3 Å². The second kappa shape index (κ2) is 7.31. The van der Waals surface area contributed by atoms with Gasteiger partial charge in [-0.1, -0.05) is 0 Å². The third-order valence-corrected chi connectivity index (χ3v) is 4.49. The van der Waals surface area contributed by atoms with Gasteiger partial charge >= 0.3 is 0 Å². The molecule has 3 rings (SSSR count). The Balaban J connectivity index is 1.89. The van der Waals surface area contributed by atoms with Gasteiger partial charge in [-0.25, -0.2) is 4.98 Å². The molecular formula is C18H17N3O3S. The maximum absolute atomic E-state index is 12.3. The molecule has 25 heavy (non-hydrogen) atoms. The molecule has 0 spiro atoms. The fourth-order valence-electron chi connectivity index (χ4n) is 2.36. The van der Waals surface area contributed by atoms with Crippen LogP contribution in [0, 0.1) is 6.92 Å². The number of rotatable bonds is 5. The van der Waals surface area contributed by atoms with Crippen LogP contribution in [0.1, 0.15) is 15.2 Å². The van der Waals surface area contributed by atoms with E-state index in [1.807, 2.05) is 25.1 Å². The third kappa shape index (κ3) is 3.61. The number of amides is 1. The molecule has 7 heteroatoms. The molecule has 0 atom stereocenters. The highest BCUT2D eigenvalue weighted by Crippen LogP contribution is 2.37. The third-order valence-electron chi connectivity index (χ3n) is 3.60. The molecule has 0 aliphatic heterocycles. The normalized spacial score (nSPS) is 10.4. The average Bonchev–Trinajstić information content (AvgIpc) is 3.01. The fraction of sp³-hybridized carbons (Fsp3) is 0.167. The highest BCUT2D eigenvalue weighted by molar-refractivity contribution is 7.16. The number of benzene rings is 1. The molecule has 2 aromatic heterocycles. The summed E-state index contributed by atoms with van der Waals surface area (Å²) < 4.78 is 10.7. The molecule has 1 N–H and O–H groups in total. The van der Waals surface area contributed by atoms with Crippen molar-refractivity contribution in [3.05, 3.63) is 53.2 Å². The number of carbonyl (C=O) groups is 1. The quantitative estimate of drug-likeness (QED) is 0.754. The van der Waals surface area contributed by atoms with Gasteiger partial charge in [0, 0.05) is 28.9 Å². The molecule has 2 heterocycles. The first-order valence-electron chi connectivity index (χ1n) is 7.53. The molecule has 0 aliphatic carbocycles. The van der Waals surface area contributed by atoms with Crippen LogP contribution >= 0.6 is 11.3 Å². The van der Waals surface area contributed by atoms with Gasteiger partial charge in [0.2, 0.25) is 0 Å². The monoisotopic (exact) mass is 355 g/mol. The van der Waals surface area contributed by atoms with Crippen LogP contribution in [0.3, 0.4) is 0 Å². The number of pyridine rings is 1.